The number of carboxylic acid groups (broad SMARTS) is 1. The first-order chi connectivity index (χ1) is 10.6. The van der Waals surface area contributed by atoms with Crippen LogP contribution in [-0.4, -0.2) is 44.8 Å². The van der Waals surface area contributed by atoms with Gasteiger partial charge in [0.05, 0.1) is 17.2 Å². The highest BCUT2D eigenvalue weighted by Crippen LogP contribution is 2.26. The van der Waals surface area contributed by atoms with Crippen LogP contribution in [-0.2, 0) is 4.79 Å². The van der Waals surface area contributed by atoms with Crippen LogP contribution in [0.3, 0.4) is 0 Å². The monoisotopic (exact) mass is 299 g/mol. The lowest BCUT2D eigenvalue weighted by Crippen LogP contribution is -2.30. The normalized spacial score (nSPS) is 21.0. The SMILES string of the molecule is C[C@@H]1CN(C(=O)c2ccccc2-n2cccn2)C[C@H]1C(=O)O. The second-order valence-electron chi connectivity index (χ2n) is 5.60. The van der Waals surface area contributed by atoms with Gasteiger partial charge in [0.2, 0.25) is 0 Å². The number of rotatable bonds is 3. The molecule has 1 aliphatic heterocycles. The Morgan fingerprint density at radius 1 is 1.23 bits per heavy atom. The predicted molar refractivity (Wildman–Crippen MR) is 79.8 cm³/mol. The predicted octanol–water partition coefficient (Wildman–Crippen LogP) is 1.67. The van der Waals surface area contributed by atoms with E-state index in [4.69, 9.17) is 0 Å². The number of nitrogens with zero attached hydrogens (tertiary/aromatic N) is 3. The molecule has 1 saturated heterocycles. The number of aromatic nitrogens is 2. The van der Waals surface area contributed by atoms with Crippen LogP contribution >= 0.6 is 0 Å². The molecule has 0 saturated carbocycles. The smallest absolute Gasteiger partial charge is 0.308 e. The molecule has 6 nitrogen and oxygen atoms in total. The van der Waals surface area contributed by atoms with E-state index in [-0.39, 0.29) is 18.4 Å². The number of hydrogen-bond acceptors (Lipinski definition) is 3. The summed E-state index contributed by atoms with van der Waals surface area (Å²) in [4.78, 5) is 25.6. The molecule has 114 valence electrons. The second-order valence-corrected chi connectivity index (χ2v) is 5.60. The molecule has 1 aliphatic rings. The molecule has 1 N–H and O–H groups in total. The highest BCUT2D eigenvalue weighted by molar-refractivity contribution is 5.98. The number of aliphatic carboxylic acids is 1. The molecular formula is C16H17N3O3. The van der Waals surface area contributed by atoms with Crippen molar-refractivity contribution in [3.63, 3.8) is 0 Å². The lowest BCUT2D eigenvalue weighted by molar-refractivity contribution is -0.142. The van der Waals surface area contributed by atoms with Gasteiger partial charge in [-0.2, -0.15) is 5.10 Å². The van der Waals surface area contributed by atoms with Crippen molar-refractivity contribution in [1.29, 1.82) is 0 Å². The molecule has 1 fully saturated rings. The van der Waals surface area contributed by atoms with Gasteiger partial charge in [0.15, 0.2) is 0 Å². The maximum absolute atomic E-state index is 12.8. The summed E-state index contributed by atoms with van der Waals surface area (Å²) in [7, 11) is 0. The molecule has 2 atom stereocenters. The maximum atomic E-state index is 12.8. The van der Waals surface area contributed by atoms with Crippen LogP contribution in [0.15, 0.2) is 42.7 Å². The van der Waals surface area contributed by atoms with Crippen LogP contribution in [0.2, 0.25) is 0 Å². The highest BCUT2D eigenvalue weighted by atomic mass is 16.4. The van der Waals surface area contributed by atoms with E-state index in [0.29, 0.717) is 17.8 Å². The Hall–Kier alpha value is -2.63. The Kier molecular flexibility index (Phi) is 3.66. The zero-order chi connectivity index (χ0) is 15.7. The fourth-order valence-corrected chi connectivity index (χ4v) is 2.89. The summed E-state index contributed by atoms with van der Waals surface area (Å²) in [6, 6.07) is 9.01. The fraction of sp³-hybridized carbons (Fsp3) is 0.312. The minimum atomic E-state index is -0.844. The van der Waals surface area contributed by atoms with Crippen molar-refractivity contribution in [2.75, 3.05) is 13.1 Å². The molecule has 1 aromatic carbocycles. The summed E-state index contributed by atoms with van der Waals surface area (Å²) >= 11 is 0. The van der Waals surface area contributed by atoms with Gasteiger partial charge in [0.25, 0.3) is 5.91 Å². The van der Waals surface area contributed by atoms with Crippen molar-refractivity contribution < 1.29 is 14.7 Å². The Labute approximate surface area is 128 Å². The van der Waals surface area contributed by atoms with E-state index >= 15 is 0 Å². The van der Waals surface area contributed by atoms with Crippen molar-refractivity contribution in [2.45, 2.75) is 6.92 Å². The lowest BCUT2D eigenvalue weighted by atomic mass is 9.99. The minimum Gasteiger partial charge on any atom is -0.481 e. The standard InChI is InChI=1S/C16H17N3O3/c1-11-9-18(10-13(11)16(21)22)15(20)12-5-2-3-6-14(12)19-8-4-7-17-19/h2-8,11,13H,9-10H2,1H3,(H,21,22)/t11-,13-/m1/s1. The van der Waals surface area contributed by atoms with E-state index in [1.165, 1.54) is 0 Å². The van der Waals surface area contributed by atoms with E-state index in [0.717, 1.165) is 0 Å². The number of para-hydroxylation sites is 1. The van der Waals surface area contributed by atoms with Crippen molar-refractivity contribution in [3.8, 4) is 5.69 Å². The molecular weight excluding hydrogens is 282 g/mol. The van der Waals surface area contributed by atoms with Crippen LogP contribution in [0.5, 0.6) is 0 Å². The molecule has 22 heavy (non-hydrogen) atoms. The van der Waals surface area contributed by atoms with E-state index in [1.807, 2.05) is 19.1 Å². The number of carbonyl (C=O) groups excluding carboxylic acids is 1. The average Bonchev–Trinajstić information content (AvgIpc) is 3.15. The van der Waals surface area contributed by atoms with Gasteiger partial charge < -0.3 is 10.0 Å². The molecule has 0 aliphatic carbocycles. The van der Waals surface area contributed by atoms with Crippen LogP contribution in [0.1, 0.15) is 17.3 Å². The molecule has 0 radical (unpaired) electrons. The molecule has 0 unspecified atom stereocenters. The van der Waals surface area contributed by atoms with Crippen molar-refractivity contribution in [2.24, 2.45) is 11.8 Å². The van der Waals surface area contributed by atoms with Gasteiger partial charge in [0.1, 0.15) is 0 Å². The molecule has 1 aromatic heterocycles. The molecule has 2 heterocycles. The summed E-state index contributed by atoms with van der Waals surface area (Å²) < 4.78 is 1.64. The Bertz CT molecular complexity index is 696. The van der Waals surface area contributed by atoms with E-state index < -0.39 is 11.9 Å². The minimum absolute atomic E-state index is 0.0432. The third kappa shape index (κ3) is 2.47. The summed E-state index contributed by atoms with van der Waals surface area (Å²) in [5.74, 6) is -1.54. The summed E-state index contributed by atoms with van der Waals surface area (Å²) in [6.45, 7) is 2.58. The Balaban J connectivity index is 1.90. The third-order valence-electron chi connectivity index (χ3n) is 4.10. The van der Waals surface area contributed by atoms with Crippen LogP contribution < -0.4 is 0 Å². The van der Waals surface area contributed by atoms with Crippen molar-refractivity contribution in [3.05, 3.63) is 48.3 Å². The Morgan fingerprint density at radius 2 is 2.00 bits per heavy atom. The van der Waals surface area contributed by atoms with Gasteiger partial charge in [-0.3, -0.25) is 9.59 Å². The van der Waals surface area contributed by atoms with Crippen molar-refractivity contribution in [1.82, 2.24) is 14.7 Å². The van der Waals surface area contributed by atoms with Crippen molar-refractivity contribution >= 4 is 11.9 Å². The third-order valence-corrected chi connectivity index (χ3v) is 4.10. The maximum Gasteiger partial charge on any atom is 0.308 e. The molecule has 1 amide bonds. The summed E-state index contributed by atoms with van der Waals surface area (Å²) in [6.07, 6.45) is 3.43. The lowest BCUT2D eigenvalue weighted by Gasteiger charge is -2.18. The second kappa shape index (κ2) is 5.63. The zero-order valence-electron chi connectivity index (χ0n) is 12.2. The number of amides is 1. The topological polar surface area (TPSA) is 75.4 Å². The molecule has 3 rings (SSSR count). The summed E-state index contributed by atoms with van der Waals surface area (Å²) in [5, 5.41) is 13.4. The molecule has 0 spiro atoms. The van der Waals surface area contributed by atoms with E-state index in [2.05, 4.69) is 5.10 Å². The van der Waals surface area contributed by atoms with E-state index in [1.54, 1.807) is 40.2 Å². The molecule has 2 aromatic rings. The first-order valence-electron chi connectivity index (χ1n) is 7.19. The number of benzene rings is 1. The first kappa shape index (κ1) is 14.3. The number of carboxylic acids is 1. The van der Waals surface area contributed by atoms with Gasteiger partial charge in [-0.15, -0.1) is 0 Å². The van der Waals surface area contributed by atoms with Gasteiger partial charge in [-0.1, -0.05) is 19.1 Å². The van der Waals surface area contributed by atoms with Gasteiger partial charge >= 0.3 is 5.97 Å². The quantitative estimate of drug-likeness (QED) is 0.935. The Morgan fingerprint density at radius 3 is 2.64 bits per heavy atom. The molecule has 6 heteroatoms. The largest absolute Gasteiger partial charge is 0.481 e. The van der Waals surface area contributed by atoms with Crippen LogP contribution in [0, 0.1) is 11.8 Å². The van der Waals surface area contributed by atoms with Gasteiger partial charge in [-0.05, 0) is 24.1 Å². The number of likely N-dealkylation sites (tertiary alicyclic amines) is 1. The molecule has 0 bridgehead atoms. The number of carbonyl (C=O) groups is 2. The van der Waals surface area contributed by atoms with E-state index in [9.17, 15) is 14.7 Å². The zero-order valence-corrected chi connectivity index (χ0v) is 12.2. The van der Waals surface area contributed by atoms with Gasteiger partial charge in [0, 0.05) is 25.5 Å². The first-order valence-corrected chi connectivity index (χ1v) is 7.19. The number of hydrogen-bond donors (Lipinski definition) is 1. The summed E-state index contributed by atoms with van der Waals surface area (Å²) in [5.41, 5.74) is 1.23. The average molecular weight is 299 g/mol. The highest BCUT2D eigenvalue weighted by Gasteiger charge is 2.37. The van der Waals surface area contributed by atoms with Gasteiger partial charge in [-0.25, -0.2) is 4.68 Å². The van der Waals surface area contributed by atoms with Crippen LogP contribution in [0.25, 0.3) is 5.69 Å². The fourth-order valence-electron chi connectivity index (χ4n) is 2.89. The van der Waals surface area contributed by atoms with Crippen LogP contribution in [0.4, 0.5) is 0 Å².